The van der Waals surface area contributed by atoms with E-state index in [1.54, 1.807) is 19.0 Å². The molecule has 0 bridgehead atoms. The van der Waals surface area contributed by atoms with Crippen molar-refractivity contribution < 1.29 is 164 Å². The van der Waals surface area contributed by atoms with Crippen molar-refractivity contribution in [2.75, 3.05) is 108 Å². The van der Waals surface area contributed by atoms with Crippen molar-refractivity contribution in [1.29, 1.82) is 0 Å². The van der Waals surface area contributed by atoms with E-state index in [0.717, 1.165) is 13.1 Å². The lowest BCUT2D eigenvalue weighted by Gasteiger charge is -2.49. The summed E-state index contributed by atoms with van der Waals surface area (Å²) in [6.45, 7) is 0.0826. The Hall–Kier alpha value is -3.37. The minimum atomic E-state index is -2.16. The van der Waals surface area contributed by atoms with E-state index in [9.17, 15) is 74.7 Å². The maximum Gasteiger partial charge on any atom is 0.303 e. The van der Waals surface area contributed by atoms with Crippen molar-refractivity contribution in [2.24, 2.45) is 0 Å². The van der Waals surface area contributed by atoms with Crippen LogP contribution in [-0.2, 0) is 85.9 Å². The zero-order valence-electron chi connectivity index (χ0n) is 49.8. The van der Waals surface area contributed by atoms with Crippen LogP contribution >= 0.6 is 0 Å². The van der Waals surface area contributed by atoms with Gasteiger partial charge >= 0.3 is 17.9 Å². The minimum absolute atomic E-state index is 0. The molecule has 37 heteroatoms. The maximum absolute atomic E-state index is 11.8. The van der Waals surface area contributed by atoms with Crippen LogP contribution in [0.2, 0.25) is 0 Å². The number of carbonyl (C=O) groups is 6. The Balaban J connectivity index is 0.0000202. The Morgan fingerprint density at radius 3 is 1.27 bits per heavy atom. The van der Waals surface area contributed by atoms with Crippen LogP contribution in [0.1, 0.15) is 38.5 Å². The Morgan fingerprint density at radius 1 is 0.489 bits per heavy atom. The normalized spacial score (nSPS) is 33.9. The highest BCUT2D eigenvalue weighted by Crippen LogP contribution is 2.35. The van der Waals surface area contributed by atoms with Crippen LogP contribution in [-0.4, -0.2) is 361 Å². The molecule has 0 aromatic heterocycles. The molecule has 0 radical (unpaired) electrons. The number of aliphatic hydroxyl groups excluding tert-OH is 9. The number of hydroxylamine groups is 3. The smallest absolute Gasteiger partial charge is 0.303 e. The molecular formula is C51H91ClN6O30. The van der Waals surface area contributed by atoms with Crippen molar-refractivity contribution in [3.05, 3.63) is 0 Å². The molecule has 512 valence electrons. The van der Waals surface area contributed by atoms with Crippen LogP contribution in [0.5, 0.6) is 0 Å². The third-order valence-electron chi connectivity index (χ3n) is 14.5. The summed E-state index contributed by atoms with van der Waals surface area (Å²) in [4.78, 5) is 88.8. The number of aliphatic hydroxyl groups is 9. The minimum Gasteiger partial charge on any atom is -1.00 e. The first-order valence-electron chi connectivity index (χ1n) is 28.3. The predicted molar refractivity (Wildman–Crippen MR) is 286 cm³/mol. The molecule has 23 atom stereocenters. The summed E-state index contributed by atoms with van der Waals surface area (Å²) < 4.78 is 54.4. The van der Waals surface area contributed by atoms with Crippen LogP contribution in [0.25, 0.3) is 0 Å². The number of likely N-dealkylation sites (N-methyl/N-ethyl adjacent to an activating group) is 3. The lowest BCUT2D eigenvalue weighted by Crippen LogP contribution is -3.00. The Labute approximate surface area is 513 Å². The molecule has 4 fully saturated rings. The van der Waals surface area contributed by atoms with E-state index in [0.29, 0.717) is 36.4 Å². The third kappa shape index (κ3) is 24.9. The van der Waals surface area contributed by atoms with Gasteiger partial charge in [-0.1, -0.05) is 0 Å². The van der Waals surface area contributed by atoms with Gasteiger partial charge in [0.1, 0.15) is 123 Å². The van der Waals surface area contributed by atoms with Gasteiger partial charge in [-0.3, -0.25) is 28.9 Å². The van der Waals surface area contributed by atoms with Gasteiger partial charge in [0.2, 0.25) is 6.29 Å². The van der Waals surface area contributed by atoms with E-state index in [1.807, 2.05) is 33.1 Å². The summed E-state index contributed by atoms with van der Waals surface area (Å²) in [7, 11) is 11.3. The average Bonchev–Trinajstić information content (AvgIpc) is 1.35. The summed E-state index contributed by atoms with van der Waals surface area (Å²) >= 11 is 0. The number of quaternary nitrogens is 1. The van der Waals surface area contributed by atoms with Crippen LogP contribution in [0, 0.1) is 0 Å². The highest BCUT2D eigenvalue weighted by Gasteiger charge is 2.56. The number of carboxylic acid groups (broad SMARTS) is 3. The van der Waals surface area contributed by atoms with Gasteiger partial charge in [0.05, 0.1) is 78.4 Å². The number of halogens is 1. The van der Waals surface area contributed by atoms with Crippen molar-refractivity contribution in [3.8, 4) is 0 Å². The lowest BCUT2D eigenvalue weighted by atomic mass is 9.95. The summed E-state index contributed by atoms with van der Waals surface area (Å²) in [5, 5.41) is 130. The number of carboxylic acids is 3. The van der Waals surface area contributed by atoms with Gasteiger partial charge in [-0.25, -0.2) is 0 Å². The fourth-order valence-electron chi connectivity index (χ4n) is 9.12. The number of aliphatic carboxylic acids is 3. The standard InChI is InChI=1S/C51H90N6O30.ClH/c1-55(2)13-15-57(5,6)16-18-77-24-31-46(38(70)43(75)51(82-31)87-54-28(21-60)9-12-35(66)67)84-48-40(72)36(68)44(29(22-61)79-48)83-49-41(73)37(69)45(30(80-49)23-76-17-14-56(3)4)85-50-42(74)39(71)47(86-53-27(20-59)8-11-34(64)65)32(81-50)25-78-52-26(19-58)7-10-33(62)63;/h19-21,26-32,36-54,61,68-75H,7-18,22-25H2,1-6H3,(H2-,62,63,64,65,66,67);1H/t26-,27-,28-,29?,30?,31?,32?,36?,37?,38?,39?,40?,41?,42?,43?,44?,45?,46?,47?,48?,49?,50?,51?;/m0./s1. The molecule has 0 aliphatic carbocycles. The molecule has 0 aromatic rings. The maximum atomic E-state index is 11.8. The molecule has 0 spiro atoms. The molecule has 20 unspecified atom stereocenters. The van der Waals surface area contributed by atoms with Crippen molar-refractivity contribution in [3.63, 3.8) is 0 Å². The largest absolute Gasteiger partial charge is 1.00 e. The molecule has 4 saturated heterocycles. The summed E-state index contributed by atoms with van der Waals surface area (Å²) in [6, 6.07) is -3.60. The summed E-state index contributed by atoms with van der Waals surface area (Å²) in [5.74, 6) is -3.66. The molecular weight excluding hydrogens is 1210 g/mol. The first-order chi connectivity index (χ1) is 41.1. The molecule has 4 aliphatic rings. The van der Waals surface area contributed by atoms with E-state index in [1.165, 1.54) is 0 Å². The summed E-state index contributed by atoms with van der Waals surface area (Å²) in [6.07, 6.45) is -38.1. The van der Waals surface area contributed by atoms with Gasteiger partial charge in [0.25, 0.3) is 0 Å². The molecule has 4 heterocycles. The van der Waals surface area contributed by atoms with Gasteiger partial charge < -0.3 is 145 Å². The number of nitrogens with one attached hydrogen (secondary N) is 3. The van der Waals surface area contributed by atoms with Crippen LogP contribution in [0.4, 0.5) is 0 Å². The number of hydrogen-bond donors (Lipinski definition) is 15. The SMILES string of the molecule is CN(C)CCOCC1OC(OC2C(CO)OC(OC3C(COCC[N+](C)(C)CCN(C)C)OC(ON[C@H](C=O)CCC(=O)O)C(O)C3O)C(O)C2O)C(O)C(O)C1OC1OC(CON[C@H](C=O)CCC(=O)O)C(ON[C@H](C=O)CCC(=O)O)C(O)C1O.[Cl-]. The number of carbonyl (C=O) groups excluding carboxylic acids is 3. The number of aldehydes is 3. The Bertz CT molecular complexity index is 2070. The number of nitrogens with zero attached hydrogens (tertiary/aromatic N) is 3. The van der Waals surface area contributed by atoms with Gasteiger partial charge in [-0.2, -0.15) is 16.4 Å². The van der Waals surface area contributed by atoms with E-state index < -0.39 is 198 Å². The zero-order chi connectivity index (χ0) is 64.7. The van der Waals surface area contributed by atoms with Gasteiger partial charge in [0.15, 0.2) is 18.9 Å². The molecule has 88 heavy (non-hydrogen) atoms. The third-order valence-corrected chi connectivity index (χ3v) is 14.5. The van der Waals surface area contributed by atoms with E-state index in [-0.39, 0.29) is 51.5 Å². The van der Waals surface area contributed by atoms with E-state index in [2.05, 4.69) is 16.4 Å². The van der Waals surface area contributed by atoms with Gasteiger partial charge in [0, 0.05) is 32.4 Å². The highest BCUT2D eigenvalue weighted by molar-refractivity contribution is 5.69. The van der Waals surface area contributed by atoms with Crippen molar-refractivity contribution >= 4 is 36.8 Å². The first kappa shape index (κ1) is 78.9. The molecule has 0 amide bonds. The molecule has 36 nitrogen and oxygen atoms in total. The fourth-order valence-corrected chi connectivity index (χ4v) is 9.12. The van der Waals surface area contributed by atoms with Crippen LogP contribution < -0.4 is 28.8 Å². The monoisotopic (exact) mass is 1300 g/mol. The molecule has 4 aliphatic heterocycles. The van der Waals surface area contributed by atoms with Crippen molar-refractivity contribution in [1.82, 2.24) is 26.2 Å². The predicted octanol–water partition coefficient (Wildman–Crippen LogP) is -11.6. The topological polar surface area (TPSA) is 499 Å². The first-order valence-corrected chi connectivity index (χ1v) is 28.3. The molecule has 4 rings (SSSR count). The Kier molecular flexibility index (Phi) is 35.2. The number of hydrogen-bond acceptors (Lipinski definition) is 32. The second kappa shape index (κ2) is 39.2. The quantitative estimate of drug-likeness (QED) is 0.0117. The van der Waals surface area contributed by atoms with Gasteiger partial charge in [-0.05, 0) is 47.5 Å². The molecule has 0 saturated carbocycles. The van der Waals surface area contributed by atoms with Crippen molar-refractivity contribution in [2.45, 2.75) is 179 Å². The van der Waals surface area contributed by atoms with E-state index >= 15 is 0 Å². The molecule has 15 N–H and O–H groups in total. The van der Waals surface area contributed by atoms with E-state index in [4.69, 9.17) is 72.5 Å². The Morgan fingerprint density at radius 2 is 0.852 bits per heavy atom. The number of rotatable bonds is 42. The second-order valence-corrected chi connectivity index (χ2v) is 22.6. The number of ether oxygens (including phenoxy) is 9. The van der Waals surface area contributed by atoms with Crippen LogP contribution in [0.15, 0.2) is 0 Å². The zero-order valence-corrected chi connectivity index (χ0v) is 50.5. The second-order valence-electron chi connectivity index (χ2n) is 22.6. The average molecular weight is 1300 g/mol. The van der Waals surface area contributed by atoms with Gasteiger partial charge in [-0.15, -0.1) is 0 Å². The summed E-state index contributed by atoms with van der Waals surface area (Å²) in [5.41, 5.74) is 6.98. The lowest BCUT2D eigenvalue weighted by molar-refractivity contribution is -0.890. The fraction of sp³-hybridized carbons (Fsp3) is 0.882. The molecule has 0 aromatic carbocycles. The van der Waals surface area contributed by atoms with Crippen LogP contribution in [0.3, 0.4) is 0 Å². The highest BCUT2D eigenvalue weighted by atomic mass is 35.5.